The summed E-state index contributed by atoms with van der Waals surface area (Å²) in [6.07, 6.45) is 0.845. The Hall–Kier alpha value is -2.08. The number of imidazole rings is 1. The smallest absolute Gasteiger partial charge is 0.106 e. The number of hydrogen-bond donors (Lipinski definition) is 1. The molecule has 1 aromatic carbocycles. The van der Waals surface area contributed by atoms with Crippen LogP contribution in [0.1, 0.15) is 31.3 Å². The zero-order chi connectivity index (χ0) is 12.3. The number of aromatic amines is 1. The van der Waals surface area contributed by atoms with E-state index >= 15 is 0 Å². The quantitative estimate of drug-likeness (QED) is 0.871. The second kappa shape index (κ2) is 4.84. The van der Waals surface area contributed by atoms with Gasteiger partial charge in [0.1, 0.15) is 5.82 Å². The molecule has 0 saturated carbocycles. The van der Waals surface area contributed by atoms with Gasteiger partial charge in [-0.25, -0.2) is 4.98 Å². The first-order valence-corrected chi connectivity index (χ1v) is 5.80. The van der Waals surface area contributed by atoms with Gasteiger partial charge in [0.05, 0.1) is 23.4 Å². The fraction of sp³-hybridized carbons (Fsp3) is 0.286. The number of aryl methyl sites for hydroxylation is 1. The molecule has 0 radical (unpaired) electrons. The molecule has 0 spiro atoms. The molecule has 2 aromatic rings. The van der Waals surface area contributed by atoms with E-state index in [-0.39, 0.29) is 5.92 Å². The Bertz CT molecular complexity index is 534. The number of H-pyrrole nitrogens is 1. The van der Waals surface area contributed by atoms with Crippen LogP contribution < -0.4 is 0 Å². The first-order valence-electron chi connectivity index (χ1n) is 5.80. The van der Waals surface area contributed by atoms with Crippen molar-refractivity contribution >= 4 is 0 Å². The van der Waals surface area contributed by atoms with Crippen LogP contribution in [0.25, 0.3) is 11.3 Å². The normalized spacial score (nSPS) is 12.1. The van der Waals surface area contributed by atoms with Crippen LogP contribution in [-0.4, -0.2) is 9.97 Å². The molecule has 1 heterocycles. The van der Waals surface area contributed by atoms with Gasteiger partial charge >= 0.3 is 0 Å². The predicted octanol–water partition coefficient (Wildman–Crippen LogP) is 3.27. The summed E-state index contributed by atoms with van der Waals surface area (Å²) in [6.45, 7) is 3.94. The Labute approximate surface area is 101 Å². The Morgan fingerprint density at radius 2 is 2.06 bits per heavy atom. The fourth-order valence-corrected chi connectivity index (χ4v) is 1.80. The number of nitrogens with one attached hydrogen (secondary N) is 1. The molecule has 0 aliphatic heterocycles. The Kier molecular flexibility index (Phi) is 3.24. The SMILES string of the molecule is CCc1nc(-c2ccccc2)c(C(C)C#N)[nH]1. The van der Waals surface area contributed by atoms with Gasteiger partial charge in [-0.1, -0.05) is 37.3 Å². The van der Waals surface area contributed by atoms with Crippen LogP contribution in [0.4, 0.5) is 0 Å². The molecule has 0 fully saturated rings. The highest BCUT2D eigenvalue weighted by molar-refractivity contribution is 5.63. The van der Waals surface area contributed by atoms with Gasteiger partial charge in [-0.05, 0) is 6.92 Å². The van der Waals surface area contributed by atoms with Crippen molar-refractivity contribution in [1.82, 2.24) is 9.97 Å². The molecule has 0 bridgehead atoms. The summed E-state index contributed by atoms with van der Waals surface area (Å²) in [7, 11) is 0. The van der Waals surface area contributed by atoms with Crippen molar-refractivity contribution in [3.05, 3.63) is 41.9 Å². The number of hydrogen-bond acceptors (Lipinski definition) is 2. The van der Waals surface area contributed by atoms with Crippen LogP contribution >= 0.6 is 0 Å². The third-order valence-electron chi connectivity index (χ3n) is 2.79. The van der Waals surface area contributed by atoms with E-state index in [4.69, 9.17) is 5.26 Å². The van der Waals surface area contributed by atoms with Gasteiger partial charge in [0.25, 0.3) is 0 Å². The lowest BCUT2D eigenvalue weighted by molar-refractivity contribution is 0.909. The molecule has 0 aliphatic carbocycles. The van der Waals surface area contributed by atoms with E-state index in [1.165, 1.54) is 0 Å². The third-order valence-corrected chi connectivity index (χ3v) is 2.79. The minimum absolute atomic E-state index is 0.169. The molecule has 0 amide bonds. The minimum Gasteiger partial charge on any atom is -0.344 e. The fourth-order valence-electron chi connectivity index (χ4n) is 1.80. The molecule has 0 aliphatic rings. The first kappa shape index (κ1) is 11.4. The van der Waals surface area contributed by atoms with E-state index in [2.05, 4.69) is 23.0 Å². The number of nitriles is 1. The molecule has 17 heavy (non-hydrogen) atoms. The van der Waals surface area contributed by atoms with Crippen molar-refractivity contribution in [2.24, 2.45) is 0 Å². The molecule has 1 atom stereocenters. The molecule has 0 saturated heterocycles. The summed E-state index contributed by atoms with van der Waals surface area (Å²) in [5.74, 6) is 0.763. The van der Waals surface area contributed by atoms with E-state index in [0.29, 0.717) is 0 Å². The van der Waals surface area contributed by atoms with Crippen molar-refractivity contribution in [3.8, 4) is 17.3 Å². The lowest BCUT2D eigenvalue weighted by atomic mass is 10.0. The summed E-state index contributed by atoms with van der Waals surface area (Å²) >= 11 is 0. The van der Waals surface area contributed by atoms with Crippen LogP contribution in [0.3, 0.4) is 0 Å². The molecule has 3 heteroatoms. The van der Waals surface area contributed by atoms with Gasteiger partial charge < -0.3 is 4.98 Å². The number of rotatable bonds is 3. The van der Waals surface area contributed by atoms with Crippen molar-refractivity contribution in [3.63, 3.8) is 0 Å². The monoisotopic (exact) mass is 225 g/mol. The second-order valence-corrected chi connectivity index (χ2v) is 4.02. The zero-order valence-electron chi connectivity index (χ0n) is 10.1. The first-order chi connectivity index (χ1) is 8.26. The summed E-state index contributed by atoms with van der Waals surface area (Å²) in [5.41, 5.74) is 2.87. The van der Waals surface area contributed by atoms with Gasteiger partial charge in [-0.2, -0.15) is 5.26 Å². The predicted molar refractivity (Wildman–Crippen MR) is 67.4 cm³/mol. The number of nitrogens with zero attached hydrogens (tertiary/aromatic N) is 2. The van der Waals surface area contributed by atoms with Gasteiger partial charge in [-0.3, -0.25) is 0 Å². The van der Waals surface area contributed by atoms with Crippen molar-refractivity contribution in [2.45, 2.75) is 26.2 Å². The third kappa shape index (κ3) is 2.21. The molecule has 1 unspecified atom stereocenters. The number of aromatic nitrogens is 2. The van der Waals surface area contributed by atoms with Gasteiger partial charge in [0, 0.05) is 12.0 Å². The summed E-state index contributed by atoms with van der Waals surface area (Å²) in [4.78, 5) is 7.81. The Morgan fingerprint density at radius 3 is 2.65 bits per heavy atom. The van der Waals surface area contributed by atoms with Crippen LogP contribution in [-0.2, 0) is 6.42 Å². The van der Waals surface area contributed by atoms with E-state index in [0.717, 1.165) is 29.2 Å². The van der Waals surface area contributed by atoms with E-state index in [9.17, 15) is 0 Å². The summed E-state index contributed by atoms with van der Waals surface area (Å²) in [6, 6.07) is 12.2. The molecular formula is C14H15N3. The van der Waals surface area contributed by atoms with Gasteiger partial charge in [0.15, 0.2) is 0 Å². The van der Waals surface area contributed by atoms with E-state index in [1.54, 1.807) is 0 Å². The summed E-state index contributed by atoms with van der Waals surface area (Å²) in [5, 5.41) is 9.04. The van der Waals surface area contributed by atoms with Crippen LogP contribution in [0.2, 0.25) is 0 Å². The highest BCUT2D eigenvalue weighted by atomic mass is 14.9. The zero-order valence-corrected chi connectivity index (χ0v) is 10.1. The Morgan fingerprint density at radius 1 is 1.35 bits per heavy atom. The lowest BCUT2D eigenvalue weighted by Crippen LogP contribution is -1.93. The van der Waals surface area contributed by atoms with Crippen LogP contribution in [0.15, 0.2) is 30.3 Å². The average molecular weight is 225 g/mol. The van der Waals surface area contributed by atoms with Crippen molar-refractivity contribution in [1.29, 1.82) is 5.26 Å². The van der Waals surface area contributed by atoms with E-state index in [1.807, 2.05) is 37.3 Å². The van der Waals surface area contributed by atoms with Gasteiger partial charge in [0.2, 0.25) is 0 Å². The average Bonchev–Trinajstić information content (AvgIpc) is 2.83. The topological polar surface area (TPSA) is 52.5 Å². The molecule has 1 aromatic heterocycles. The van der Waals surface area contributed by atoms with Crippen molar-refractivity contribution in [2.75, 3.05) is 0 Å². The lowest BCUT2D eigenvalue weighted by Gasteiger charge is -2.03. The van der Waals surface area contributed by atoms with Crippen LogP contribution in [0.5, 0.6) is 0 Å². The van der Waals surface area contributed by atoms with Crippen LogP contribution in [0, 0.1) is 11.3 Å². The standard InChI is InChI=1S/C14H15N3/c1-3-12-16-13(10(2)9-15)14(17-12)11-7-5-4-6-8-11/h4-8,10H,3H2,1-2H3,(H,16,17). The maximum absolute atomic E-state index is 9.04. The maximum Gasteiger partial charge on any atom is 0.106 e. The highest BCUT2D eigenvalue weighted by Crippen LogP contribution is 2.26. The highest BCUT2D eigenvalue weighted by Gasteiger charge is 2.16. The summed E-state index contributed by atoms with van der Waals surface area (Å²) < 4.78 is 0. The molecule has 86 valence electrons. The van der Waals surface area contributed by atoms with E-state index < -0.39 is 0 Å². The van der Waals surface area contributed by atoms with Crippen molar-refractivity contribution < 1.29 is 0 Å². The largest absolute Gasteiger partial charge is 0.344 e. The second-order valence-electron chi connectivity index (χ2n) is 4.02. The molecule has 3 nitrogen and oxygen atoms in total. The molecule has 1 N–H and O–H groups in total. The number of benzene rings is 1. The minimum atomic E-state index is -0.169. The molecular weight excluding hydrogens is 210 g/mol. The molecule has 2 rings (SSSR count). The Balaban J connectivity index is 2.53. The van der Waals surface area contributed by atoms with Gasteiger partial charge in [-0.15, -0.1) is 0 Å². The maximum atomic E-state index is 9.04.